The number of nitrogens with two attached hydrogens (primary N) is 1. The second kappa shape index (κ2) is 8.71. The van der Waals surface area contributed by atoms with Gasteiger partial charge in [0.1, 0.15) is 12.4 Å². The van der Waals surface area contributed by atoms with Gasteiger partial charge in [0.05, 0.1) is 17.3 Å². The fourth-order valence-electron chi connectivity index (χ4n) is 3.44. The van der Waals surface area contributed by atoms with Gasteiger partial charge in [-0.3, -0.25) is 0 Å². The lowest BCUT2D eigenvalue weighted by molar-refractivity contribution is 0.0516. The molecule has 5 heteroatoms. The largest absolute Gasteiger partial charge is 0.461 e. The summed E-state index contributed by atoms with van der Waals surface area (Å²) in [7, 11) is 0. The van der Waals surface area contributed by atoms with E-state index < -0.39 is 0 Å². The molecule has 146 valence electrons. The summed E-state index contributed by atoms with van der Waals surface area (Å²) in [5.41, 5.74) is 9.10. The Hall–Kier alpha value is -3.44. The topological polar surface area (TPSA) is 67.9 Å². The average molecular weight is 385 g/mol. The van der Waals surface area contributed by atoms with Crippen molar-refractivity contribution in [2.75, 3.05) is 18.1 Å². The fraction of sp³-hybridized carbons (Fsp3) is 0.167. The Morgan fingerprint density at radius 1 is 0.966 bits per heavy atom. The van der Waals surface area contributed by atoms with Gasteiger partial charge >= 0.3 is 5.97 Å². The van der Waals surface area contributed by atoms with Crippen LogP contribution in [0.1, 0.15) is 28.4 Å². The maximum Gasteiger partial charge on any atom is 0.338 e. The molecule has 0 aromatic heterocycles. The number of hydrogen-bond donors (Lipinski definition) is 1. The lowest BCUT2D eigenvalue weighted by Crippen LogP contribution is -2.46. The zero-order chi connectivity index (χ0) is 20.1. The number of benzene rings is 3. The zero-order valence-electron chi connectivity index (χ0n) is 16.1. The summed E-state index contributed by atoms with van der Waals surface area (Å²) in [5.74, 6) is 0.681. The molecule has 0 aliphatic carbocycles. The predicted molar refractivity (Wildman–Crippen MR) is 116 cm³/mol. The summed E-state index contributed by atoms with van der Waals surface area (Å²) < 4.78 is 5.10. The van der Waals surface area contributed by atoms with E-state index in [0.717, 1.165) is 29.2 Å². The highest BCUT2D eigenvalue weighted by Crippen LogP contribution is 2.40. The molecule has 1 aliphatic rings. The Bertz CT molecular complexity index is 986. The van der Waals surface area contributed by atoms with Crippen LogP contribution in [0.4, 0.5) is 11.4 Å². The highest BCUT2D eigenvalue weighted by molar-refractivity contribution is 6.06. The molecule has 4 rings (SSSR count). The van der Waals surface area contributed by atoms with Gasteiger partial charge < -0.3 is 15.4 Å². The SMILES string of the molecule is NCCOC(=O)c1ccc(C2CC(=Nc3ccccc3)N2c2ccccc2)cc1. The number of ether oxygens (including phenoxy) is 1. The summed E-state index contributed by atoms with van der Waals surface area (Å²) in [6, 6.07) is 28.0. The van der Waals surface area contributed by atoms with E-state index in [1.165, 1.54) is 0 Å². The van der Waals surface area contributed by atoms with E-state index in [1.54, 1.807) is 0 Å². The highest BCUT2D eigenvalue weighted by atomic mass is 16.5. The number of carbonyl (C=O) groups excluding carboxylic acids is 1. The molecule has 0 spiro atoms. The van der Waals surface area contributed by atoms with Crippen LogP contribution in [0.2, 0.25) is 0 Å². The van der Waals surface area contributed by atoms with E-state index in [1.807, 2.05) is 72.8 Å². The van der Waals surface area contributed by atoms with Crippen molar-refractivity contribution < 1.29 is 9.53 Å². The summed E-state index contributed by atoms with van der Waals surface area (Å²) in [4.78, 5) is 19.1. The third kappa shape index (κ3) is 4.20. The van der Waals surface area contributed by atoms with Gasteiger partial charge in [-0.05, 0) is 42.0 Å². The molecule has 0 amide bonds. The van der Waals surface area contributed by atoms with Gasteiger partial charge in [-0.1, -0.05) is 48.5 Å². The highest BCUT2D eigenvalue weighted by Gasteiger charge is 2.36. The summed E-state index contributed by atoms with van der Waals surface area (Å²) in [5, 5.41) is 0. The van der Waals surface area contributed by atoms with E-state index in [9.17, 15) is 4.79 Å². The number of rotatable bonds is 6. The van der Waals surface area contributed by atoms with E-state index in [2.05, 4.69) is 17.0 Å². The second-order valence-electron chi connectivity index (χ2n) is 6.84. The van der Waals surface area contributed by atoms with Crippen LogP contribution in [-0.4, -0.2) is 25.0 Å². The van der Waals surface area contributed by atoms with Gasteiger partial charge in [-0.25, -0.2) is 9.79 Å². The third-order valence-electron chi connectivity index (χ3n) is 4.90. The van der Waals surface area contributed by atoms with Gasteiger partial charge in [0.25, 0.3) is 0 Å². The first kappa shape index (κ1) is 18.9. The minimum absolute atomic E-state index is 0.175. The predicted octanol–water partition coefficient (Wildman–Crippen LogP) is 4.48. The van der Waals surface area contributed by atoms with Gasteiger partial charge in [-0.2, -0.15) is 0 Å². The number of aliphatic imine (C=N–C) groups is 1. The summed E-state index contributed by atoms with van der Waals surface area (Å²) >= 11 is 0. The van der Waals surface area contributed by atoms with Crippen LogP contribution >= 0.6 is 0 Å². The molecule has 1 heterocycles. The van der Waals surface area contributed by atoms with Crippen LogP contribution in [0.25, 0.3) is 0 Å². The zero-order valence-corrected chi connectivity index (χ0v) is 16.1. The van der Waals surface area contributed by atoms with Crippen LogP contribution in [0.15, 0.2) is 89.9 Å². The molecule has 29 heavy (non-hydrogen) atoms. The molecule has 1 fully saturated rings. The van der Waals surface area contributed by atoms with E-state index in [-0.39, 0.29) is 18.6 Å². The molecular weight excluding hydrogens is 362 g/mol. The lowest BCUT2D eigenvalue weighted by atomic mass is 9.91. The monoisotopic (exact) mass is 385 g/mol. The second-order valence-corrected chi connectivity index (χ2v) is 6.84. The van der Waals surface area contributed by atoms with Crippen molar-refractivity contribution in [1.29, 1.82) is 0 Å². The molecular formula is C24H23N3O2. The number of carbonyl (C=O) groups is 1. The van der Waals surface area contributed by atoms with Gasteiger partial charge in [0.15, 0.2) is 0 Å². The Kier molecular flexibility index (Phi) is 5.68. The number of amidine groups is 1. The summed E-state index contributed by atoms with van der Waals surface area (Å²) in [6.45, 7) is 0.547. The normalized spacial score (nSPS) is 17.1. The average Bonchev–Trinajstić information content (AvgIpc) is 2.76. The van der Waals surface area contributed by atoms with Crippen LogP contribution in [0.5, 0.6) is 0 Å². The van der Waals surface area contributed by atoms with Crippen molar-refractivity contribution >= 4 is 23.2 Å². The van der Waals surface area contributed by atoms with Crippen molar-refractivity contribution in [3.8, 4) is 0 Å². The smallest absolute Gasteiger partial charge is 0.338 e. The first-order chi connectivity index (χ1) is 14.3. The molecule has 0 bridgehead atoms. The van der Waals surface area contributed by atoms with Crippen molar-refractivity contribution in [2.24, 2.45) is 10.7 Å². The molecule has 5 nitrogen and oxygen atoms in total. The molecule has 1 saturated heterocycles. The maximum atomic E-state index is 12.0. The Morgan fingerprint density at radius 2 is 1.62 bits per heavy atom. The molecule has 1 aliphatic heterocycles. The van der Waals surface area contributed by atoms with Gasteiger partial charge in [-0.15, -0.1) is 0 Å². The molecule has 1 unspecified atom stereocenters. The molecule has 3 aromatic rings. The standard InChI is InChI=1S/C24H23N3O2/c25-15-16-29-24(28)19-13-11-18(12-14-19)22-17-23(26-20-7-3-1-4-8-20)27(22)21-9-5-2-6-10-21/h1-14,22H,15-17,25H2. The Labute approximate surface area is 170 Å². The van der Waals surface area contributed by atoms with Gasteiger partial charge in [0.2, 0.25) is 0 Å². The van der Waals surface area contributed by atoms with E-state index in [0.29, 0.717) is 12.1 Å². The van der Waals surface area contributed by atoms with Crippen molar-refractivity contribution in [1.82, 2.24) is 0 Å². The fourth-order valence-corrected chi connectivity index (χ4v) is 3.44. The first-order valence-corrected chi connectivity index (χ1v) is 9.70. The molecule has 1 atom stereocenters. The first-order valence-electron chi connectivity index (χ1n) is 9.70. The van der Waals surface area contributed by atoms with E-state index >= 15 is 0 Å². The number of esters is 1. The molecule has 3 aromatic carbocycles. The molecule has 2 N–H and O–H groups in total. The lowest BCUT2D eigenvalue weighted by Gasteiger charge is -2.44. The van der Waals surface area contributed by atoms with Crippen LogP contribution in [0, 0.1) is 0 Å². The van der Waals surface area contributed by atoms with E-state index in [4.69, 9.17) is 15.5 Å². The van der Waals surface area contributed by atoms with Crippen molar-refractivity contribution in [2.45, 2.75) is 12.5 Å². The van der Waals surface area contributed by atoms with Crippen LogP contribution in [0.3, 0.4) is 0 Å². The van der Waals surface area contributed by atoms with Crippen molar-refractivity contribution in [3.63, 3.8) is 0 Å². The number of hydrogen-bond acceptors (Lipinski definition) is 4. The maximum absolute atomic E-state index is 12.0. The van der Waals surface area contributed by atoms with Gasteiger partial charge in [0, 0.05) is 18.7 Å². The molecule has 0 saturated carbocycles. The summed E-state index contributed by atoms with van der Waals surface area (Å²) in [6.07, 6.45) is 0.834. The van der Waals surface area contributed by atoms with Crippen molar-refractivity contribution in [3.05, 3.63) is 96.1 Å². The third-order valence-corrected chi connectivity index (χ3v) is 4.90. The number of nitrogens with zero attached hydrogens (tertiary/aromatic N) is 2. The quantitative estimate of drug-likeness (QED) is 0.635. The minimum Gasteiger partial charge on any atom is -0.461 e. The van der Waals surface area contributed by atoms with Crippen LogP contribution < -0.4 is 10.6 Å². The Balaban J connectivity index is 1.58. The Morgan fingerprint density at radius 3 is 2.28 bits per heavy atom. The number of anilines is 1. The molecule has 0 radical (unpaired) electrons. The minimum atomic E-state index is -0.346. The number of para-hydroxylation sites is 2. The van der Waals surface area contributed by atoms with Crippen LogP contribution in [-0.2, 0) is 4.74 Å².